The van der Waals surface area contributed by atoms with Gasteiger partial charge in [0.15, 0.2) is 5.82 Å². The number of rotatable bonds is 6. The van der Waals surface area contributed by atoms with Gasteiger partial charge in [0.1, 0.15) is 11.6 Å². The van der Waals surface area contributed by atoms with E-state index in [1.54, 1.807) is 19.5 Å². The Morgan fingerprint density at radius 2 is 2.09 bits per heavy atom. The van der Waals surface area contributed by atoms with E-state index in [1.807, 2.05) is 31.5 Å². The summed E-state index contributed by atoms with van der Waals surface area (Å²) in [5.41, 5.74) is 5.80. The van der Waals surface area contributed by atoms with Crippen LogP contribution in [-0.2, 0) is 0 Å². The van der Waals surface area contributed by atoms with Crippen LogP contribution in [0.5, 0.6) is 0 Å². The number of piperazine rings is 1. The lowest BCUT2D eigenvalue weighted by molar-refractivity contribution is 0.586. The Hall–Kier alpha value is -3.66. The Morgan fingerprint density at radius 1 is 1.24 bits per heavy atom. The average molecular weight is 459 g/mol. The quantitative estimate of drug-likeness (QED) is 0.293. The third-order valence-corrected chi connectivity index (χ3v) is 5.92. The van der Waals surface area contributed by atoms with Crippen molar-refractivity contribution in [2.45, 2.75) is 32.1 Å². The molecule has 3 aromatic rings. The second kappa shape index (κ2) is 10.1. The lowest BCUT2D eigenvalue weighted by atomic mass is 10.1. The molecule has 4 heterocycles. The summed E-state index contributed by atoms with van der Waals surface area (Å²) in [4.78, 5) is 25.7. The Morgan fingerprint density at radius 3 is 2.85 bits per heavy atom. The Balaban J connectivity index is 1.56. The molecule has 0 atom stereocenters. The van der Waals surface area contributed by atoms with E-state index in [1.165, 1.54) is 18.4 Å². The molecule has 2 aliphatic rings. The van der Waals surface area contributed by atoms with Gasteiger partial charge < -0.3 is 21.0 Å². The summed E-state index contributed by atoms with van der Waals surface area (Å²) in [6, 6.07) is 3.85. The van der Waals surface area contributed by atoms with Gasteiger partial charge in [-0.3, -0.25) is 4.98 Å². The van der Waals surface area contributed by atoms with E-state index in [9.17, 15) is 0 Å². The third kappa shape index (κ3) is 4.81. The number of nitrogens with zero attached hydrogens (tertiary/aromatic N) is 7. The average Bonchev–Trinajstić information content (AvgIpc) is 3.73. The van der Waals surface area contributed by atoms with Gasteiger partial charge in [-0.25, -0.2) is 19.9 Å². The van der Waals surface area contributed by atoms with Crippen LogP contribution in [0.4, 0.5) is 11.6 Å². The molecule has 10 nitrogen and oxygen atoms in total. The lowest BCUT2D eigenvalue weighted by Gasteiger charge is -2.30. The number of hydrogen-bond acceptors (Lipinski definition) is 8. The van der Waals surface area contributed by atoms with Crippen LogP contribution < -0.4 is 21.0 Å². The first kappa shape index (κ1) is 22.1. The predicted molar refractivity (Wildman–Crippen MR) is 137 cm³/mol. The second-order valence-electron chi connectivity index (χ2n) is 8.44. The molecule has 3 N–H and O–H groups in total. The highest BCUT2D eigenvalue weighted by atomic mass is 15.3. The molecule has 3 aromatic heterocycles. The second-order valence-corrected chi connectivity index (χ2v) is 8.44. The summed E-state index contributed by atoms with van der Waals surface area (Å²) < 4.78 is 0. The lowest BCUT2D eigenvalue weighted by Crippen LogP contribution is -2.44. The number of hydrogen-bond donors (Lipinski definition) is 3. The largest absolute Gasteiger partial charge is 0.353 e. The van der Waals surface area contributed by atoms with Crippen molar-refractivity contribution in [3.63, 3.8) is 0 Å². The molecule has 10 heteroatoms. The highest BCUT2D eigenvalue weighted by Gasteiger charge is 2.29. The van der Waals surface area contributed by atoms with E-state index in [2.05, 4.69) is 41.0 Å². The molecule has 1 aliphatic carbocycles. The maximum atomic E-state index is 5.10. The van der Waals surface area contributed by atoms with Crippen LogP contribution in [0.1, 0.15) is 37.7 Å². The van der Waals surface area contributed by atoms with Gasteiger partial charge in [-0.2, -0.15) is 0 Å². The standard InChI is InChI=1S/C24H30N10/c1-3-7-29-24(33-25-2)31-20-13-17(6-8-28-20)22-30-19-15-27-14-18(16-4-5-16)21(19)23(32-22)34-11-9-26-10-12-34/h6-8,13-16,25-26H,3-5,9-12H2,1-2H3,(H,28,31,33)/b29-7+. The molecule has 0 bridgehead atoms. The molecular formula is C24H30N10. The van der Waals surface area contributed by atoms with Crippen LogP contribution in [0.15, 0.2) is 40.8 Å². The molecule has 34 heavy (non-hydrogen) atoms. The fourth-order valence-corrected chi connectivity index (χ4v) is 4.15. The van der Waals surface area contributed by atoms with E-state index >= 15 is 0 Å². The maximum Gasteiger partial charge on any atom is 0.245 e. The van der Waals surface area contributed by atoms with Crippen LogP contribution in [0.2, 0.25) is 0 Å². The van der Waals surface area contributed by atoms with Crippen molar-refractivity contribution in [2.24, 2.45) is 10.1 Å². The Labute approximate surface area is 199 Å². The van der Waals surface area contributed by atoms with Crippen molar-refractivity contribution < 1.29 is 0 Å². The summed E-state index contributed by atoms with van der Waals surface area (Å²) >= 11 is 0. The highest BCUT2D eigenvalue weighted by molar-refractivity contribution is 5.98. The van der Waals surface area contributed by atoms with Crippen molar-refractivity contribution in [3.05, 3.63) is 36.3 Å². The normalized spacial score (nSPS) is 16.9. The number of nitrogens with one attached hydrogen (secondary N) is 3. The molecule has 176 valence electrons. The Bertz CT molecular complexity index is 1210. The maximum absolute atomic E-state index is 5.10. The number of pyridine rings is 2. The molecule has 0 amide bonds. The molecule has 1 saturated heterocycles. The third-order valence-electron chi connectivity index (χ3n) is 5.92. The highest BCUT2D eigenvalue weighted by Crippen LogP contribution is 2.44. The first-order valence-electron chi connectivity index (χ1n) is 11.9. The van der Waals surface area contributed by atoms with Crippen LogP contribution in [-0.4, -0.2) is 65.3 Å². The van der Waals surface area contributed by atoms with Crippen LogP contribution in [0.25, 0.3) is 22.3 Å². The van der Waals surface area contributed by atoms with Gasteiger partial charge >= 0.3 is 0 Å². The zero-order chi connectivity index (χ0) is 23.3. The molecule has 5 rings (SSSR count). The molecule has 0 aromatic carbocycles. The van der Waals surface area contributed by atoms with Crippen molar-refractivity contribution in [1.29, 1.82) is 0 Å². The summed E-state index contributed by atoms with van der Waals surface area (Å²) in [7, 11) is 1.73. The zero-order valence-corrected chi connectivity index (χ0v) is 19.6. The minimum absolute atomic E-state index is 0.438. The number of hydrazone groups is 1. The monoisotopic (exact) mass is 458 g/mol. The fraction of sp³-hybridized carbons (Fsp3) is 0.417. The molecular weight excluding hydrogens is 428 g/mol. The van der Waals surface area contributed by atoms with Crippen molar-refractivity contribution >= 4 is 34.7 Å². The molecule has 0 unspecified atom stereocenters. The number of aliphatic imine (C=N–C) groups is 1. The van der Waals surface area contributed by atoms with Gasteiger partial charge in [0, 0.05) is 62.8 Å². The van der Waals surface area contributed by atoms with Crippen LogP contribution in [0, 0.1) is 0 Å². The molecule has 1 saturated carbocycles. The van der Waals surface area contributed by atoms with Crippen molar-refractivity contribution in [3.8, 4) is 11.4 Å². The number of anilines is 2. The van der Waals surface area contributed by atoms with Crippen molar-refractivity contribution in [1.82, 2.24) is 30.7 Å². The van der Waals surface area contributed by atoms with Gasteiger partial charge in [-0.1, -0.05) is 6.92 Å². The van der Waals surface area contributed by atoms with Gasteiger partial charge in [0.25, 0.3) is 0 Å². The topological polar surface area (TPSA) is 116 Å². The summed E-state index contributed by atoms with van der Waals surface area (Å²) in [5.74, 6) is 3.29. The SMILES string of the molecule is CC/C=N/C(=N\NC)Nc1cc(-c2nc(N3CCNCC3)c3c(C4CC4)cncc3n2)ccn1. The van der Waals surface area contributed by atoms with Gasteiger partial charge in [-0.15, -0.1) is 5.10 Å². The zero-order valence-electron chi connectivity index (χ0n) is 19.6. The molecule has 1 aliphatic heterocycles. The fourth-order valence-electron chi connectivity index (χ4n) is 4.15. The van der Waals surface area contributed by atoms with E-state index < -0.39 is 0 Å². The number of guanidine groups is 1. The first-order chi connectivity index (χ1) is 16.8. The van der Waals surface area contributed by atoms with E-state index in [0.717, 1.165) is 54.9 Å². The number of fused-ring (bicyclic) bond motifs is 1. The molecule has 2 fully saturated rings. The van der Waals surface area contributed by atoms with E-state index in [4.69, 9.17) is 9.97 Å². The minimum atomic E-state index is 0.438. The van der Waals surface area contributed by atoms with E-state index in [0.29, 0.717) is 23.5 Å². The van der Waals surface area contributed by atoms with Gasteiger partial charge in [0.05, 0.1) is 11.7 Å². The smallest absolute Gasteiger partial charge is 0.245 e. The van der Waals surface area contributed by atoms with Gasteiger partial charge in [0.2, 0.25) is 5.96 Å². The Kier molecular flexibility index (Phi) is 6.57. The molecule has 0 radical (unpaired) electrons. The van der Waals surface area contributed by atoms with Crippen LogP contribution in [0.3, 0.4) is 0 Å². The van der Waals surface area contributed by atoms with E-state index in [-0.39, 0.29) is 0 Å². The summed E-state index contributed by atoms with van der Waals surface area (Å²) in [6.45, 7) is 5.75. The summed E-state index contributed by atoms with van der Waals surface area (Å²) in [6.07, 6.45) is 10.6. The number of aromatic nitrogens is 4. The van der Waals surface area contributed by atoms with Gasteiger partial charge in [-0.05, 0) is 42.9 Å². The predicted octanol–water partition coefficient (Wildman–Crippen LogP) is 2.76. The molecule has 0 spiro atoms. The van der Waals surface area contributed by atoms with Crippen molar-refractivity contribution in [2.75, 3.05) is 43.4 Å². The first-order valence-corrected chi connectivity index (χ1v) is 11.9. The minimum Gasteiger partial charge on any atom is -0.353 e. The van der Waals surface area contributed by atoms with Crippen LogP contribution >= 0.6 is 0 Å². The summed E-state index contributed by atoms with van der Waals surface area (Å²) in [5, 5.41) is 11.9.